The molecule has 122 valence electrons. The van der Waals surface area contributed by atoms with E-state index >= 15 is 0 Å². The first-order valence-corrected chi connectivity index (χ1v) is 8.22. The lowest BCUT2D eigenvalue weighted by Gasteiger charge is -2.19. The number of phenolic OH excluding ortho intramolecular Hbond substituents is 1. The smallest absolute Gasteiger partial charge is 0.248 e. The number of hydrogen-bond donors (Lipinski definition) is 1. The molecule has 0 unspecified atom stereocenters. The van der Waals surface area contributed by atoms with E-state index in [1.54, 1.807) is 22.3 Å². The molecule has 1 amide bonds. The largest absolute Gasteiger partial charge is 0.504 e. The zero-order valence-electron chi connectivity index (χ0n) is 13.2. The number of fused-ring (bicyclic) bond motifs is 1. The minimum absolute atomic E-state index is 0.0468. The Morgan fingerprint density at radius 2 is 2.26 bits per heavy atom. The normalized spacial score (nSPS) is 14.1. The third kappa shape index (κ3) is 3.33. The summed E-state index contributed by atoms with van der Waals surface area (Å²) in [5, 5.41) is 10.3. The number of amides is 1. The van der Waals surface area contributed by atoms with Crippen LogP contribution in [-0.2, 0) is 16.1 Å². The topological polar surface area (TPSA) is 59.0 Å². The second-order valence-corrected chi connectivity index (χ2v) is 6.78. The molecule has 1 N–H and O–H groups in total. The highest BCUT2D eigenvalue weighted by Gasteiger charge is 2.22. The summed E-state index contributed by atoms with van der Waals surface area (Å²) in [4.78, 5) is 16.1. The number of carbonyl (C=O) groups excluding carboxylic acids is 1. The maximum Gasteiger partial charge on any atom is 0.248 e. The molecule has 2 aromatic rings. The van der Waals surface area contributed by atoms with Crippen molar-refractivity contribution in [1.29, 1.82) is 0 Å². The molecular formula is C17H19NO4S. The minimum atomic E-state index is -0.0826. The molecule has 3 rings (SSSR count). The molecule has 0 bridgehead atoms. The Hall–Kier alpha value is -2.05. The summed E-state index contributed by atoms with van der Waals surface area (Å²) >= 11 is 1.67. The van der Waals surface area contributed by atoms with Crippen LogP contribution in [-0.4, -0.2) is 42.8 Å². The van der Waals surface area contributed by atoms with Gasteiger partial charge in [-0.25, -0.2) is 0 Å². The van der Waals surface area contributed by atoms with Gasteiger partial charge in [0.25, 0.3) is 0 Å². The number of hydrogen-bond acceptors (Lipinski definition) is 5. The predicted molar refractivity (Wildman–Crippen MR) is 88.9 cm³/mol. The summed E-state index contributed by atoms with van der Waals surface area (Å²) in [5.41, 5.74) is 1.75. The third-order valence-corrected chi connectivity index (χ3v) is 4.81. The van der Waals surface area contributed by atoms with Gasteiger partial charge in [0.05, 0.1) is 6.54 Å². The summed E-state index contributed by atoms with van der Waals surface area (Å²) in [6.45, 7) is 3.33. The number of thiophene rings is 1. The Morgan fingerprint density at radius 1 is 1.43 bits per heavy atom. The zero-order chi connectivity index (χ0) is 16.4. The summed E-state index contributed by atoms with van der Waals surface area (Å²) in [7, 11) is 1.50. The van der Waals surface area contributed by atoms with Crippen LogP contribution in [0.2, 0.25) is 0 Å². The van der Waals surface area contributed by atoms with Crippen LogP contribution in [0.15, 0.2) is 24.3 Å². The number of benzene rings is 1. The molecule has 0 saturated heterocycles. The molecule has 1 aromatic heterocycles. The lowest BCUT2D eigenvalue weighted by atomic mass is 10.1. The highest BCUT2D eigenvalue weighted by atomic mass is 32.1. The molecule has 1 aliphatic heterocycles. The van der Waals surface area contributed by atoms with E-state index in [4.69, 9.17) is 9.47 Å². The van der Waals surface area contributed by atoms with E-state index in [9.17, 15) is 9.90 Å². The van der Waals surface area contributed by atoms with Gasteiger partial charge in [-0.3, -0.25) is 4.79 Å². The molecule has 1 aliphatic rings. The highest BCUT2D eigenvalue weighted by molar-refractivity contribution is 7.15. The third-order valence-electron chi connectivity index (χ3n) is 3.76. The van der Waals surface area contributed by atoms with Crippen molar-refractivity contribution >= 4 is 17.2 Å². The van der Waals surface area contributed by atoms with Gasteiger partial charge >= 0.3 is 0 Å². The number of aryl methyl sites for hydroxylation is 1. The summed E-state index contributed by atoms with van der Waals surface area (Å²) in [6.07, 6.45) is 0. The lowest BCUT2D eigenvalue weighted by molar-refractivity contribution is -0.135. The van der Waals surface area contributed by atoms with E-state index in [-0.39, 0.29) is 18.3 Å². The van der Waals surface area contributed by atoms with E-state index in [2.05, 4.69) is 0 Å². The minimum Gasteiger partial charge on any atom is -0.504 e. The first-order chi connectivity index (χ1) is 11.1. The second-order valence-electron chi connectivity index (χ2n) is 5.49. The number of methoxy groups -OCH3 is 1. The fraction of sp³-hybridized carbons (Fsp3) is 0.353. The van der Waals surface area contributed by atoms with Crippen LogP contribution in [0.1, 0.15) is 10.4 Å². The number of aromatic hydroxyl groups is 1. The van der Waals surface area contributed by atoms with Gasteiger partial charge < -0.3 is 19.5 Å². The maximum atomic E-state index is 12.1. The fourth-order valence-electron chi connectivity index (χ4n) is 2.66. The molecular weight excluding hydrogens is 314 g/mol. The van der Waals surface area contributed by atoms with E-state index in [0.717, 1.165) is 16.0 Å². The molecule has 0 fully saturated rings. The van der Waals surface area contributed by atoms with Gasteiger partial charge in [-0.15, -0.1) is 11.3 Å². The lowest BCUT2D eigenvalue weighted by Crippen LogP contribution is -2.34. The molecule has 0 spiro atoms. The van der Waals surface area contributed by atoms with Crippen LogP contribution in [0.4, 0.5) is 0 Å². The quantitative estimate of drug-likeness (QED) is 0.938. The number of phenols is 1. The monoisotopic (exact) mass is 333 g/mol. The predicted octanol–water partition coefficient (Wildman–Crippen LogP) is 2.80. The van der Waals surface area contributed by atoms with Crippen molar-refractivity contribution in [3.63, 3.8) is 0 Å². The highest BCUT2D eigenvalue weighted by Crippen LogP contribution is 2.39. The van der Waals surface area contributed by atoms with E-state index in [1.807, 2.05) is 25.1 Å². The van der Waals surface area contributed by atoms with Gasteiger partial charge in [0, 0.05) is 29.0 Å². The number of nitrogens with zero attached hydrogens (tertiary/aromatic N) is 1. The number of carbonyl (C=O) groups is 1. The first kappa shape index (κ1) is 15.8. The van der Waals surface area contributed by atoms with Gasteiger partial charge in [0.15, 0.2) is 11.5 Å². The molecule has 5 nitrogen and oxygen atoms in total. The molecule has 0 saturated carbocycles. The average molecular weight is 333 g/mol. The SMILES string of the molecule is COCC(=O)N1CCOc2c(O)cc(-c3ccc(C)s3)cc2C1. The average Bonchev–Trinajstić information content (AvgIpc) is 2.82. The Morgan fingerprint density at radius 3 is 2.96 bits per heavy atom. The number of ether oxygens (including phenoxy) is 2. The summed E-state index contributed by atoms with van der Waals surface area (Å²) < 4.78 is 10.6. The zero-order valence-corrected chi connectivity index (χ0v) is 14.0. The van der Waals surface area contributed by atoms with Gasteiger partial charge in [0.2, 0.25) is 5.91 Å². The standard InChI is InChI=1S/C17H19NO4S/c1-11-3-4-15(23-11)12-7-13-9-18(16(20)10-21-2)5-6-22-17(13)14(19)8-12/h3-4,7-8,19H,5-6,9-10H2,1-2H3. The van der Waals surface area contributed by atoms with Crippen molar-refractivity contribution in [3.8, 4) is 21.9 Å². The first-order valence-electron chi connectivity index (χ1n) is 7.40. The van der Waals surface area contributed by atoms with E-state index in [0.29, 0.717) is 25.4 Å². The van der Waals surface area contributed by atoms with Crippen molar-refractivity contribution in [3.05, 3.63) is 34.7 Å². The van der Waals surface area contributed by atoms with Gasteiger partial charge in [-0.1, -0.05) is 0 Å². The van der Waals surface area contributed by atoms with Crippen LogP contribution in [0.3, 0.4) is 0 Å². The van der Waals surface area contributed by atoms with Gasteiger partial charge in [-0.2, -0.15) is 0 Å². The van der Waals surface area contributed by atoms with Crippen molar-refractivity contribution < 1.29 is 19.4 Å². The Balaban J connectivity index is 1.95. The number of rotatable bonds is 3. The molecule has 0 radical (unpaired) electrons. The van der Waals surface area contributed by atoms with Gasteiger partial charge in [0.1, 0.15) is 13.2 Å². The molecule has 2 heterocycles. The van der Waals surface area contributed by atoms with Crippen LogP contribution in [0, 0.1) is 6.92 Å². The van der Waals surface area contributed by atoms with Crippen molar-refractivity contribution in [2.75, 3.05) is 26.9 Å². The van der Waals surface area contributed by atoms with Crippen molar-refractivity contribution in [2.45, 2.75) is 13.5 Å². The molecule has 0 aliphatic carbocycles. The van der Waals surface area contributed by atoms with Crippen LogP contribution < -0.4 is 4.74 Å². The summed E-state index contributed by atoms with van der Waals surface area (Å²) in [5.74, 6) is 0.500. The Labute approximate surface area is 139 Å². The Kier molecular flexibility index (Phi) is 4.54. The van der Waals surface area contributed by atoms with Crippen LogP contribution in [0.25, 0.3) is 10.4 Å². The second kappa shape index (κ2) is 6.60. The van der Waals surface area contributed by atoms with Crippen molar-refractivity contribution in [1.82, 2.24) is 4.90 Å². The summed E-state index contributed by atoms with van der Waals surface area (Å²) in [6, 6.07) is 7.79. The van der Waals surface area contributed by atoms with Crippen molar-refractivity contribution in [2.24, 2.45) is 0 Å². The molecule has 0 atom stereocenters. The molecule has 23 heavy (non-hydrogen) atoms. The molecule has 6 heteroatoms. The molecule has 1 aromatic carbocycles. The fourth-order valence-corrected chi connectivity index (χ4v) is 3.51. The Bertz CT molecular complexity index is 725. The van der Waals surface area contributed by atoms with E-state index in [1.165, 1.54) is 12.0 Å². The van der Waals surface area contributed by atoms with Crippen LogP contribution >= 0.6 is 11.3 Å². The van der Waals surface area contributed by atoms with Crippen LogP contribution in [0.5, 0.6) is 11.5 Å². The maximum absolute atomic E-state index is 12.1. The van der Waals surface area contributed by atoms with Gasteiger partial charge in [-0.05, 0) is 36.8 Å². The van der Waals surface area contributed by atoms with E-state index < -0.39 is 0 Å².